The molecule has 0 aliphatic carbocycles. The maximum Gasteiger partial charge on any atom is 0.408 e. The van der Waals surface area contributed by atoms with Crippen LogP contribution >= 0.6 is 0 Å². The topological polar surface area (TPSA) is 172 Å². The number of alkyl carbamates (subject to hydrolysis) is 1. The number of phenolic OH excluding ortho intramolecular Hbond substituents is 1. The number of likely N-dealkylation sites (tertiary alicyclic amines) is 1. The molecule has 0 bridgehead atoms. The van der Waals surface area contributed by atoms with Crippen LogP contribution in [0.3, 0.4) is 0 Å². The van der Waals surface area contributed by atoms with Crippen molar-refractivity contribution in [3.05, 3.63) is 86.7 Å². The fourth-order valence-corrected chi connectivity index (χ4v) is 8.36. The molecule has 0 unspecified atom stereocenters. The molecule has 58 heavy (non-hydrogen) atoms. The van der Waals surface area contributed by atoms with Crippen molar-refractivity contribution in [3.63, 3.8) is 0 Å². The lowest BCUT2D eigenvalue weighted by Crippen LogP contribution is -3.00. The van der Waals surface area contributed by atoms with Crippen molar-refractivity contribution in [2.75, 3.05) is 32.5 Å². The number of phenols is 1. The molecule has 0 spiro atoms. The smallest absolute Gasteiger partial charge is 0.408 e. The number of nitrogens with zero attached hydrogens (tertiary/aromatic N) is 4. The summed E-state index contributed by atoms with van der Waals surface area (Å²) in [5.41, 5.74) is 2.99. The van der Waals surface area contributed by atoms with Crippen molar-refractivity contribution in [1.82, 2.24) is 19.8 Å². The molecule has 3 aliphatic heterocycles. The zero-order valence-corrected chi connectivity index (χ0v) is 35.7. The Morgan fingerprint density at radius 1 is 1.09 bits per heavy atom. The molecule has 0 radical (unpaired) electrons. The minimum Gasteiger partial charge on any atom is -1.00 e. The van der Waals surface area contributed by atoms with E-state index in [4.69, 9.17) is 14.5 Å². The number of aromatic hydroxyl groups is 1. The predicted molar refractivity (Wildman–Crippen MR) is 214 cm³/mol. The Kier molecular flexibility index (Phi) is 11.9. The number of carbonyl (C=O) groups excluding carboxylic acids is 3. The van der Waals surface area contributed by atoms with Crippen LogP contribution < -0.4 is 33.2 Å². The van der Waals surface area contributed by atoms with Crippen LogP contribution in [0.1, 0.15) is 81.7 Å². The van der Waals surface area contributed by atoms with Gasteiger partial charge >= 0.3 is 12.1 Å². The van der Waals surface area contributed by atoms with Gasteiger partial charge in [0, 0.05) is 65.8 Å². The summed E-state index contributed by atoms with van der Waals surface area (Å²) in [6, 6.07) is 14.6. The Morgan fingerprint density at radius 3 is 2.43 bits per heavy atom. The highest BCUT2D eigenvalue weighted by Gasteiger charge is 2.45. The number of cyclic esters (lactones) is 1. The summed E-state index contributed by atoms with van der Waals surface area (Å²) in [5.74, 6) is -0.894. The van der Waals surface area contributed by atoms with Gasteiger partial charge < -0.3 is 56.4 Å². The number of hydrogen-bond acceptors (Lipinski definition) is 10. The second-order valence-corrected chi connectivity index (χ2v) is 17.2. The standard InChI is InChI=1S/C43H52N6O8.BrH/c1-8-43(55)33-20-35-37-27(21-48(35)39(52)32(33)24-56-40(43)53)19-30-31(36(50)14-13-34(30)46-37)22-47-17-15-29(16-18-47)49(6,7)23-26-9-11-28(12-10-26)45-38(51)25(2)44-41(54)57-42(3,4)5;/h9-14,19-20,25,29,55H,8,15-18,21-24H2,1-7H3,(H2-,44,45,50,51,52,54);1H/t25-,43-;/m0./s1. The second kappa shape index (κ2) is 16.1. The summed E-state index contributed by atoms with van der Waals surface area (Å²) >= 11 is 0. The Morgan fingerprint density at radius 2 is 1.78 bits per heavy atom. The summed E-state index contributed by atoms with van der Waals surface area (Å²) in [6.07, 6.45) is 1.38. The van der Waals surface area contributed by atoms with Crippen LogP contribution in [0, 0.1) is 0 Å². The fraction of sp³-hybridized carbons (Fsp3) is 0.465. The van der Waals surface area contributed by atoms with Crippen molar-refractivity contribution in [1.29, 1.82) is 0 Å². The van der Waals surface area contributed by atoms with Gasteiger partial charge in [-0.05, 0) is 70.5 Å². The first kappa shape index (κ1) is 42.8. The SMILES string of the molecule is CC[C@@]1(O)C(=O)OCc2c1cc1n(c2=O)Cc2cc3c(CN4CCC([N+](C)(C)Cc5ccc(NC(=O)[C@H](C)NC(=O)OC(C)(C)C)cc5)CC4)c(O)ccc3nc2-1.[Br-]. The molecule has 2 amide bonds. The number of esters is 1. The van der Waals surface area contributed by atoms with Gasteiger partial charge in [0.2, 0.25) is 5.91 Å². The van der Waals surface area contributed by atoms with Crippen LogP contribution in [-0.2, 0) is 50.9 Å². The summed E-state index contributed by atoms with van der Waals surface area (Å²) in [5, 5.41) is 28.6. The molecule has 7 rings (SSSR count). The average molecular weight is 862 g/mol. The van der Waals surface area contributed by atoms with E-state index < -0.39 is 29.3 Å². The number of amides is 2. The highest BCUT2D eigenvalue weighted by molar-refractivity contribution is 5.96. The van der Waals surface area contributed by atoms with Crippen LogP contribution in [-0.4, -0.2) is 92.0 Å². The molecular weight excluding hydrogens is 808 g/mol. The molecule has 2 aromatic heterocycles. The first-order valence-electron chi connectivity index (χ1n) is 19.6. The van der Waals surface area contributed by atoms with Crippen molar-refractivity contribution in [3.8, 4) is 17.1 Å². The van der Waals surface area contributed by atoms with Gasteiger partial charge in [-0.1, -0.05) is 19.1 Å². The maximum absolute atomic E-state index is 13.6. The fourth-order valence-electron chi connectivity index (χ4n) is 8.36. The Labute approximate surface area is 348 Å². The van der Waals surface area contributed by atoms with Crippen molar-refractivity contribution in [2.45, 2.75) is 103 Å². The summed E-state index contributed by atoms with van der Waals surface area (Å²) in [7, 11) is 4.49. The number of halogens is 1. The predicted octanol–water partition coefficient (Wildman–Crippen LogP) is 1.88. The molecule has 3 aliphatic rings. The molecule has 1 fully saturated rings. The lowest BCUT2D eigenvalue weighted by molar-refractivity contribution is -0.929. The minimum absolute atomic E-state index is 0. The first-order chi connectivity index (χ1) is 26.9. The van der Waals surface area contributed by atoms with Crippen LogP contribution in [0.5, 0.6) is 5.75 Å². The van der Waals surface area contributed by atoms with Crippen LogP contribution in [0.2, 0.25) is 0 Å². The first-order valence-corrected chi connectivity index (χ1v) is 19.6. The van der Waals surface area contributed by atoms with E-state index in [1.165, 1.54) is 0 Å². The number of fused-ring (bicyclic) bond motifs is 5. The number of aliphatic hydroxyl groups is 1. The normalized spacial score (nSPS) is 18.7. The lowest BCUT2D eigenvalue weighted by Gasteiger charge is -2.43. The molecule has 0 saturated carbocycles. The number of ether oxygens (including phenoxy) is 2. The number of nitrogens with one attached hydrogen (secondary N) is 2. The van der Waals surface area contributed by atoms with Crippen LogP contribution in [0.25, 0.3) is 22.3 Å². The van der Waals surface area contributed by atoms with E-state index >= 15 is 0 Å². The van der Waals surface area contributed by atoms with Gasteiger partial charge in [-0.2, -0.15) is 0 Å². The maximum atomic E-state index is 13.6. The van der Waals surface area contributed by atoms with E-state index in [1.807, 2.05) is 30.3 Å². The summed E-state index contributed by atoms with van der Waals surface area (Å²) < 4.78 is 12.9. The molecule has 310 valence electrons. The summed E-state index contributed by atoms with van der Waals surface area (Å²) in [4.78, 5) is 58.3. The molecule has 2 atom stereocenters. The number of carbonyl (C=O) groups is 3. The van der Waals surface area contributed by atoms with E-state index in [-0.39, 0.29) is 64.9 Å². The third-order valence-electron chi connectivity index (χ3n) is 11.6. The molecule has 1 saturated heterocycles. The van der Waals surface area contributed by atoms with E-state index in [0.29, 0.717) is 35.2 Å². The Bertz CT molecular complexity index is 2310. The van der Waals surface area contributed by atoms with Crippen molar-refractivity contribution >= 4 is 34.6 Å². The second-order valence-electron chi connectivity index (χ2n) is 17.2. The average Bonchev–Trinajstić information content (AvgIpc) is 3.51. The molecule has 4 N–H and O–H groups in total. The lowest BCUT2D eigenvalue weighted by atomic mass is 9.86. The Balaban J connectivity index is 0.00000567. The van der Waals surface area contributed by atoms with Gasteiger partial charge in [0.1, 0.15) is 30.5 Å². The molecule has 14 nitrogen and oxygen atoms in total. The van der Waals surface area contributed by atoms with Gasteiger partial charge in [-0.15, -0.1) is 0 Å². The van der Waals surface area contributed by atoms with Gasteiger partial charge in [-0.25, -0.2) is 14.6 Å². The highest BCUT2D eigenvalue weighted by Crippen LogP contribution is 2.40. The van der Waals surface area contributed by atoms with E-state index in [1.54, 1.807) is 57.4 Å². The monoisotopic (exact) mass is 860 g/mol. The molecule has 4 aromatic rings. The molecule has 5 heterocycles. The van der Waals surface area contributed by atoms with E-state index in [2.05, 4.69) is 29.6 Å². The zero-order valence-electron chi connectivity index (χ0n) is 34.1. The third kappa shape index (κ3) is 8.35. The molecule has 15 heteroatoms. The third-order valence-corrected chi connectivity index (χ3v) is 11.6. The van der Waals surface area contributed by atoms with Crippen LogP contribution in [0.4, 0.5) is 10.5 Å². The number of hydrogen-bond donors (Lipinski definition) is 4. The number of pyridine rings is 2. The van der Waals surface area contributed by atoms with Gasteiger partial charge in [0.05, 0.1) is 49.1 Å². The van der Waals surface area contributed by atoms with Crippen molar-refractivity contribution < 1.29 is 55.5 Å². The summed E-state index contributed by atoms with van der Waals surface area (Å²) in [6.45, 7) is 11.8. The number of quaternary nitrogens is 1. The number of benzene rings is 2. The van der Waals surface area contributed by atoms with Gasteiger partial charge in [-0.3, -0.25) is 14.5 Å². The van der Waals surface area contributed by atoms with Gasteiger partial charge in [0.15, 0.2) is 5.60 Å². The largest absolute Gasteiger partial charge is 1.00 e. The zero-order chi connectivity index (χ0) is 41.0. The highest BCUT2D eigenvalue weighted by atomic mass is 79.9. The van der Waals surface area contributed by atoms with E-state index in [9.17, 15) is 29.4 Å². The van der Waals surface area contributed by atoms with E-state index in [0.717, 1.165) is 59.0 Å². The Hall–Kier alpha value is -4.83. The number of piperidine rings is 1. The quantitative estimate of drug-likeness (QED) is 0.127. The molecule has 2 aromatic carbocycles. The number of rotatable bonds is 9. The number of anilines is 1. The minimum atomic E-state index is -1.89. The van der Waals surface area contributed by atoms with Gasteiger partial charge in [0.25, 0.3) is 5.56 Å². The van der Waals surface area contributed by atoms with Crippen LogP contribution in [0.15, 0.2) is 53.3 Å². The number of aromatic nitrogens is 2. The molecular formula is C43H53BrN6O8. The van der Waals surface area contributed by atoms with Crippen molar-refractivity contribution in [2.24, 2.45) is 0 Å².